The number of fused-ring (bicyclic) bond motifs is 6. The average Bonchev–Trinajstić information content (AvgIpc) is 3.69. The Morgan fingerprint density at radius 1 is 0.270 bits per heavy atom. The molecule has 0 saturated heterocycles. The van der Waals surface area contributed by atoms with E-state index in [9.17, 15) is 0 Å². The molecule has 0 spiro atoms. The van der Waals surface area contributed by atoms with Gasteiger partial charge in [0.15, 0.2) is 5.82 Å². The fraction of sp³-hybridized carbons (Fsp3) is 0. The highest BCUT2D eigenvalue weighted by Crippen LogP contribution is 2.41. The van der Waals surface area contributed by atoms with Gasteiger partial charge in [-0.15, -0.1) is 0 Å². The van der Waals surface area contributed by atoms with Gasteiger partial charge in [-0.3, -0.25) is 0 Å². The minimum absolute atomic E-state index is 0.699. The number of rotatable bonds is 7. The summed E-state index contributed by atoms with van der Waals surface area (Å²) >= 11 is 0. The lowest BCUT2D eigenvalue weighted by Gasteiger charge is -2.12. The van der Waals surface area contributed by atoms with Crippen LogP contribution in [0.1, 0.15) is 0 Å². The van der Waals surface area contributed by atoms with Gasteiger partial charge in [-0.1, -0.05) is 182 Å². The van der Waals surface area contributed by atoms with Crippen molar-refractivity contribution in [2.45, 2.75) is 0 Å². The topological polar surface area (TPSA) is 43.6 Å². The third-order valence-corrected chi connectivity index (χ3v) is 12.2. The molecule has 0 radical (unpaired) electrons. The molecule has 0 unspecified atom stereocenters. The first kappa shape index (κ1) is 36.4. The molecule has 0 aliphatic heterocycles. The van der Waals surface area contributed by atoms with Crippen LogP contribution >= 0.6 is 0 Å². The lowest BCUT2D eigenvalue weighted by molar-refractivity contribution is 1.18. The first-order valence-electron chi connectivity index (χ1n) is 21.3. The molecule has 0 amide bonds. The maximum atomic E-state index is 5.24. The molecule has 0 aliphatic carbocycles. The highest BCUT2D eigenvalue weighted by molar-refractivity contribution is 6.20. The van der Waals surface area contributed by atoms with Gasteiger partial charge < -0.3 is 4.57 Å². The van der Waals surface area contributed by atoms with Crippen molar-refractivity contribution < 1.29 is 0 Å². The van der Waals surface area contributed by atoms with E-state index in [1.54, 1.807) is 0 Å². The third-order valence-electron chi connectivity index (χ3n) is 12.2. The zero-order valence-corrected chi connectivity index (χ0v) is 34.2. The van der Waals surface area contributed by atoms with Crippen molar-refractivity contribution in [3.63, 3.8) is 0 Å². The summed E-state index contributed by atoms with van der Waals surface area (Å²) in [5.41, 5.74) is 16.0. The van der Waals surface area contributed by atoms with Gasteiger partial charge in [-0.2, -0.15) is 0 Å². The minimum atomic E-state index is 0.699. The minimum Gasteiger partial charge on any atom is -0.309 e. The van der Waals surface area contributed by atoms with Gasteiger partial charge >= 0.3 is 0 Å². The molecule has 12 aromatic rings. The number of hydrogen-bond acceptors (Lipinski definition) is 3. The Kier molecular flexibility index (Phi) is 8.79. The Labute approximate surface area is 365 Å². The van der Waals surface area contributed by atoms with Gasteiger partial charge in [-0.05, 0) is 76.2 Å². The Bertz CT molecular complexity index is 3580. The average molecular weight is 803 g/mol. The van der Waals surface area contributed by atoms with E-state index >= 15 is 0 Å². The smallest absolute Gasteiger partial charge is 0.160 e. The molecule has 3 heterocycles. The standard InChI is InChI=1S/C59H38N4/c1-5-16-41(17-6-1)54-38-55(42-18-7-2-8-19-42)62-59(61-54)46-23-15-22-44(34-46)39-28-30-40(31-29-39)45-32-33-49-51-36-52-50(37-57(51)63(56(49)35-45)47-24-11-4-12-25-47)48-26-13-14-27-53(48)60-58(52)43-20-9-3-10-21-43/h1-38H. The van der Waals surface area contributed by atoms with Crippen LogP contribution in [0.2, 0.25) is 0 Å². The van der Waals surface area contributed by atoms with Crippen LogP contribution in [0, 0.1) is 0 Å². The van der Waals surface area contributed by atoms with E-state index in [0.717, 1.165) is 89.1 Å². The second-order valence-electron chi connectivity index (χ2n) is 16.0. The molecule has 12 rings (SSSR count). The molecular weight excluding hydrogens is 765 g/mol. The monoisotopic (exact) mass is 802 g/mol. The summed E-state index contributed by atoms with van der Waals surface area (Å²) in [4.78, 5) is 15.4. The zero-order chi connectivity index (χ0) is 41.7. The summed E-state index contributed by atoms with van der Waals surface area (Å²) < 4.78 is 2.42. The number of pyridine rings is 1. The summed E-state index contributed by atoms with van der Waals surface area (Å²) in [6, 6.07) is 81.6. The second kappa shape index (κ2) is 15.2. The van der Waals surface area contributed by atoms with Gasteiger partial charge in [0.1, 0.15) is 0 Å². The lowest BCUT2D eigenvalue weighted by Crippen LogP contribution is -1.96. The fourth-order valence-electron chi connectivity index (χ4n) is 9.10. The number of benzene rings is 9. The van der Waals surface area contributed by atoms with Crippen LogP contribution < -0.4 is 0 Å². The SMILES string of the molecule is c1ccc(-c2cc(-c3ccccc3)nc(-c3cccc(-c4ccc(-c5ccc6c7cc8c(-c9ccccc9)nc9ccccc9c8cc7n(-c7ccccc7)c6c5)cc4)c3)n2)cc1. The van der Waals surface area contributed by atoms with Crippen LogP contribution in [-0.4, -0.2) is 19.5 Å². The lowest BCUT2D eigenvalue weighted by atomic mass is 9.97. The summed E-state index contributed by atoms with van der Waals surface area (Å²) in [5.74, 6) is 0.699. The van der Waals surface area contributed by atoms with Crippen molar-refractivity contribution in [2.75, 3.05) is 0 Å². The normalized spacial score (nSPS) is 11.5. The van der Waals surface area contributed by atoms with E-state index in [1.165, 1.54) is 21.7 Å². The number of hydrogen-bond donors (Lipinski definition) is 0. The van der Waals surface area contributed by atoms with E-state index in [1.807, 2.05) is 36.4 Å². The van der Waals surface area contributed by atoms with Gasteiger partial charge in [-0.25, -0.2) is 15.0 Å². The van der Waals surface area contributed by atoms with Crippen LogP contribution in [0.5, 0.6) is 0 Å². The van der Waals surface area contributed by atoms with Crippen LogP contribution in [0.25, 0.3) is 117 Å². The third kappa shape index (κ3) is 6.53. The molecular formula is C59H38N4. The fourth-order valence-corrected chi connectivity index (χ4v) is 9.10. The summed E-state index contributed by atoms with van der Waals surface area (Å²) in [5, 5.41) is 5.89. The van der Waals surface area contributed by atoms with Gasteiger partial charge in [0.2, 0.25) is 0 Å². The van der Waals surface area contributed by atoms with Crippen molar-refractivity contribution >= 4 is 43.5 Å². The molecule has 4 heteroatoms. The highest BCUT2D eigenvalue weighted by atomic mass is 15.0. The molecule has 4 nitrogen and oxygen atoms in total. The maximum absolute atomic E-state index is 5.24. The van der Waals surface area contributed by atoms with Gasteiger partial charge in [0, 0.05) is 49.5 Å². The summed E-state index contributed by atoms with van der Waals surface area (Å²) in [7, 11) is 0. The summed E-state index contributed by atoms with van der Waals surface area (Å²) in [6.07, 6.45) is 0. The van der Waals surface area contributed by atoms with Crippen molar-refractivity contribution in [3.05, 3.63) is 231 Å². The Balaban J connectivity index is 0.959. The van der Waals surface area contributed by atoms with Crippen LogP contribution in [0.3, 0.4) is 0 Å². The Morgan fingerprint density at radius 2 is 0.794 bits per heavy atom. The molecule has 0 aliphatic rings. The van der Waals surface area contributed by atoms with E-state index in [-0.39, 0.29) is 0 Å². The molecule has 0 bridgehead atoms. The molecule has 0 atom stereocenters. The molecule has 0 N–H and O–H groups in total. The Hall–Kier alpha value is -8.47. The number of para-hydroxylation sites is 2. The molecule has 0 fully saturated rings. The van der Waals surface area contributed by atoms with Gasteiger partial charge in [0.25, 0.3) is 0 Å². The second-order valence-corrected chi connectivity index (χ2v) is 16.0. The summed E-state index contributed by atoms with van der Waals surface area (Å²) in [6.45, 7) is 0. The van der Waals surface area contributed by atoms with Crippen LogP contribution in [0.15, 0.2) is 231 Å². The van der Waals surface area contributed by atoms with Crippen molar-refractivity contribution in [1.82, 2.24) is 19.5 Å². The van der Waals surface area contributed by atoms with Gasteiger partial charge in [0.05, 0.1) is 33.6 Å². The maximum Gasteiger partial charge on any atom is 0.160 e. The quantitative estimate of drug-likeness (QED) is 0.151. The Morgan fingerprint density at radius 3 is 1.46 bits per heavy atom. The van der Waals surface area contributed by atoms with E-state index in [2.05, 4.69) is 199 Å². The zero-order valence-electron chi connectivity index (χ0n) is 34.2. The predicted molar refractivity (Wildman–Crippen MR) is 262 cm³/mol. The number of aromatic nitrogens is 4. The number of nitrogens with zero attached hydrogens (tertiary/aromatic N) is 4. The molecule has 3 aromatic heterocycles. The van der Waals surface area contributed by atoms with E-state index in [4.69, 9.17) is 15.0 Å². The molecule has 9 aromatic carbocycles. The highest BCUT2D eigenvalue weighted by Gasteiger charge is 2.19. The van der Waals surface area contributed by atoms with Crippen molar-refractivity contribution in [2.24, 2.45) is 0 Å². The first-order chi connectivity index (χ1) is 31.2. The van der Waals surface area contributed by atoms with E-state index < -0.39 is 0 Å². The van der Waals surface area contributed by atoms with Crippen LogP contribution in [-0.2, 0) is 0 Å². The predicted octanol–water partition coefficient (Wildman–Crippen LogP) is 15.3. The van der Waals surface area contributed by atoms with Crippen LogP contribution in [0.4, 0.5) is 0 Å². The largest absolute Gasteiger partial charge is 0.309 e. The molecule has 294 valence electrons. The molecule has 0 saturated carbocycles. The first-order valence-corrected chi connectivity index (χ1v) is 21.3. The molecule has 63 heavy (non-hydrogen) atoms. The van der Waals surface area contributed by atoms with Crippen molar-refractivity contribution in [3.8, 4) is 73.1 Å². The van der Waals surface area contributed by atoms with Crippen molar-refractivity contribution in [1.29, 1.82) is 0 Å². The van der Waals surface area contributed by atoms with E-state index in [0.29, 0.717) is 5.82 Å².